The molecule has 2 aromatic carbocycles. The fraction of sp³-hybridized carbons (Fsp3) is 0.350. The molecule has 4 nitrogen and oxygen atoms in total. The van der Waals surface area contributed by atoms with Gasteiger partial charge in [-0.1, -0.05) is 35.0 Å². The predicted octanol–water partition coefficient (Wildman–Crippen LogP) is 4.80. The number of ether oxygens (including phenoxy) is 2. The molecular weight excluding hydrogens is 382 g/mol. The number of aryl methyl sites for hydroxylation is 1. The maximum Gasteiger partial charge on any atom is 0.261 e. The van der Waals surface area contributed by atoms with E-state index >= 15 is 0 Å². The molecule has 0 radical (unpaired) electrons. The van der Waals surface area contributed by atoms with Crippen LogP contribution in [0, 0.1) is 6.92 Å². The Labute approximate surface area is 157 Å². The molecule has 1 amide bonds. The standard InChI is InChI=1S/C20H24BrNO3/c1-5-18(15-6-11-19(24-4)13(2)12-15)22-20(23)14(3)25-17-9-7-16(21)8-10-17/h6-12,14,18H,5H2,1-4H3,(H,22,23)/t14-,18+/m1/s1. The summed E-state index contributed by atoms with van der Waals surface area (Å²) < 4.78 is 12.0. The molecule has 0 fully saturated rings. The van der Waals surface area contributed by atoms with Crippen molar-refractivity contribution in [2.75, 3.05) is 7.11 Å². The van der Waals surface area contributed by atoms with Crippen LogP contribution in [0.25, 0.3) is 0 Å². The number of nitrogens with one attached hydrogen (secondary N) is 1. The first-order valence-corrected chi connectivity index (χ1v) is 9.11. The van der Waals surface area contributed by atoms with Gasteiger partial charge in [0, 0.05) is 4.47 Å². The summed E-state index contributed by atoms with van der Waals surface area (Å²) in [5.41, 5.74) is 2.11. The average Bonchev–Trinajstić information content (AvgIpc) is 2.61. The van der Waals surface area contributed by atoms with Crippen LogP contribution in [-0.2, 0) is 4.79 Å². The first-order chi connectivity index (χ1) is 11.9. The van der Waals surface area contributed by atoms with Gasteiger partial charge in [0.05, 0.1) is 13.2 Å². The van der Waals surface area contributed by atoms with Crippen LogP contribution in [0.5, 0.6) is 11.5 Å². The Morgan fingerprint density at radius 3 is 2.44 bits per heavy atom. The first kappa shape index (κ1) is 19.3. The minimum atomic E-state index is -0.574. The van der Waals surface area contributed by atoms with E-state index < -0.39 is 6.10 Å². The van der Waals surface area contributed by atoms with E-state index in [0.29, 0.717) is 5.75 Å². The highest BCUT2D eigenvalue weighted by molar-refractivity contribution is 9.10. The van der Waals surface area contributed by atoms with E-state index in [1.54, 1.807) is 14.0 Å². The molecule has 0 aliphatic carbocycles. The highest BCUT2D eigenvalue weighted by Crippen LogP contribution is 2.24. The van der Waals surface area contributed by atoms with Crippen molar-refractivity contribution < 1.29 is 14.3 Å². The summed E-state index contributed by atoms with van der Waals surface area (Å²) in [6, 6.07) is 13.3. The molecule has 0 unspecified atom stereocenters. The van der Waals surface area contributed by atoms with Crippen LogP contribution in [0.1, 0.15) is 37.4 Å². The molecule has 134 valence electrons. The van der Waals surface area contributed by atoms with Gasteiger partial charge in [-0.05, 0) is 61.7 Å². The summed E-state index contributed by atoms with van der Waals surface area (Å²) >= 11 is 3.38. The van der Waals surface area contributed by atoms with Crippen molar-refractivity contribution in [3.05, 3.63) is 58.1 Å². The summed E-state index contributed by atoms with van der Waals surface area (Å²) in [6.07, 6.45) is 0.220. The number of hydrogen-bond donors (Lipinski definition) is 1. The number of amides is 1. The van der Waals surface area contributed by atoms with Gasteiger partial charge in [-0.25, -0.2) is 0 Å². The van der Waals surface area contributed by atoms with Crippen LogP contribution < -0.4 is 14.8 Å². The average molecular weight is 406 g/mol. The molecule has 0 bridgehead atoms. The highest BCUT2D eigenvalue weighted by atomic mass is 79.9. The molecule has 5 heteroatoms. The van der Waals surface area contributed by atoms with Gasteiger partial charge in [-0.3, -0.25) is 4.79 Å². The van der Waals surface area contributed by atoms with Gasteiger partial charge in [0.1, 0.15) is 11.5 Å². The van der Waals surface area contributed by atoms with Gasteiger partial charge in [0.2, 0.25) is 0 Å². The van der Waals surface area contributed by atoms with Crippen LogP contribution >= 0.6 is 15.9 Å². The third-order valence-electron chi connectivity index (χ3n) is 4.04. The molecule has 2 atom stereocenters. The third-order valence-corrected chi connectivity index (χ3v) is 4.57. The Hall–Kier alpha value is -2.01. The van der Waals surface area contributed by atoms with E-state index in [0.717, 1.165) is 27.8 Å². The third kappa shape index (κ3) is 5.23. The van der Waals surface area contributed by atoms with Crippen LogP contribution in [-0.4, -0.2) is 19.1 Å². The maximum absolute atomic E-state index is 12.5. The number of carbonyl (C=O) groups is 1. The van der Waals surface area contributed by atoms with Gasteiger partial charge in [0.15, 0.2) is 6.10 Å². The topological polar surface area (TPSA) is 47.6 Å². The zero-order chi connectivity index (χ0) is 18.4. The Morgan fingerprint density at radius 2 is 1.88 bits per heavy atom. The number of hydrogen-bond acceptors (Lipinski definition) is 3. The van der Waals surface area contributed by atoms with Crippen molar-refractivity contribution in [2.24, 2.45) is 0 Å². The minimum Gasteiger partial charge on any atom is -0.496 e. The fourth-order valence-electron chi connectivity index (χ4n) is 2.60. The van der Waals surface area contributed by atoms with E-state index in [-0.39, 0.29) is 11.9 Å². The SMILES string of the molecule is CC[C@H](NC(=O)[C@@H](C)Oc1ccc(Br)cc1)c1ccc(OC)c(C)c1. The first-order valence-electron chi connectivity index (χ1n) is 8.31. The molecule has 0 saturated carbocycles. The molecule has 25 heavy (non-hydrogen) atoms. The highest BCUT2D eigenvalue weighted by Gasteiger charge is 2.20. The number of rotatable bonds is 7. The number of benzene rings is 2. The Bertz CT molecular complexity index is 715. The lowest BCUT2D eigenvalue weighted by Crippen LogP contribution is -2.38. The van der Waals surface area contributed by atoms with Gasteiger partial charge < -0.3 is 14.8 Å². The lowest BCUT2D eigenvalue weighted by molar-refractivity contribution is -0.128. The molecule has 0 aliphatic rings. The summed E-state index contributed by atoms with van der Waals surface area (Å²) in [5, 5.41) is 3.07. The summed E-state index contributed by atoms with van der Waals surface area (Å²) in [5.74, 6) is 1.37. The molecule has 1 N–H and O–H groups in total. The van der Waals surface area contributed by atoms with Crippen LogP contribution in [0.3, 0.4) is 0 Å². The molecule has 2 rings (SSSR count). The lowest BCUT2D eigenvalue weighted by atomic mass is 10.0. The van der Waals surface area contributed by atoms with Crippen molar-refractivity contribution in [2.45, 2.75) is 39.3 Å². The molecule has 0 spiro atoms. The van der Waals surface area contributed by atoms with Gasteiger partial charge in [-0.15, -0.1) is 0 Å². The second-order valence-electron chi connectivity index (χ2n) is 5.91. The maximum atomic E-state index is 12.5. The smallest absolute Gasteiger partial charge is 0.261 e. The lowest BCUT2D eigenvalue weighted by Gasteiger charge is -2.22. The molecule has 2 aromatic rings. The predicted molar refractivity (Wildman–Crippen MR) is 103 cm³/mol. The van der Waals surface area contributed by atoms with Gasteiger partial charge >= 0.3 is 0 Å². The number of methoxy groups -OCH3 is 1. The van der Waals surface area contributed by atoms with Gasteiger partial charge in [-0.2, -0.15) is 0 Å². The van der Waals surface area contributed by atoms with Crippen molar-refractivity contribution in [3.8, 4) is 11.5 Å². The normalized spacial score (nSPS) is 13.0. The number of halogens is 1. The van der Waals surface area contributed by atoms with Gasteiger partial charge in [0.25, 0.3) is 5.91 Å². The van der Waals surface area contributed by atoms with Crippen molar-refractivity contribution in [3.63, 3.8) is 0 Å². The second kappa shape index (κ2) is 8.90. The van der Waals surface area contributed by atoms with Crippen LogP contribution in [0.15, 0.2) is 46.9 Å². The fourth-order valence-corrected chi connectivity index (χ4v) is 2.86. The molecule has 0 aromatic heterocycles. The quantitative estimate of drug-likeness (QED) is 0.719. The summed E-state index contributed by atoms with van der Waals surface area (Å²) in [4.78, 5) is 12.5. The molecule has 0 heterocycles. The second-order valence-corrected chi connectivity index (χ2v) is 6.83. The van der Waals surface area contributed by atoms with Crippen LogP contribution in [0.4, 0.5) is 0 Å². The molecule has 0 aliphatic heterocycles. The van der Waals surface area contributed by atoms with Crippen molar-refractivity contribution in [1.82, 2.24) is 5.32 Å². The van der Waals surface area contributed by atoms with E-state index in [4.69, 9.17) is 9.47 Å². The van der Waals surface area contributed by atoms with E-state index in [2.05, 4.69) is 21.2 Å². The van der Waals surface area contributed by atoms with E-state index in [9.17, 15) is 4.79 Å². The monoisotopic (exact) mass is 405 g/mol. The Balaban J connectivity index is 2.03. The zero-order valence-corrected chi connectivity index (χ0v) is 16.6. The van der Waals surface area contributed by atoms with Crippen LogP contribution in [0.2, 0.25) is 0 Å². The van der Waals surface area contributed by atoms with E-state index in [1.165, 1.54) is 0 Å². The summed E-state index contributed by atoms with van der Waals surface area (Å²) in [6.45, 7) is 5.80. The Morgan fingerprint density at radius 1 is 1.20 bits per heavy atom. The van der Waals surface area contributed by atoms with Crippen molar-refractivity contribution in [1.29, 1.82) is 0 Å². The van der Waals surface area contributed by atoms with E-state index in [1.807, 2.05) is 56.3 Å². The molecule has 0 saturated heterocycles. The zero-order valence-electron chi connectivity index (χ0n) is 15.0. The minimum absolute atomic E-state index is 0.0620. The Kier molecular flexibility index (Phi) is 6.88. The summed E-state index contributed by atoms with van der Waals surface area (Å²) in [7, 11) is 1.65. The molecular formula is C20H24BrNO3. The van der Waals surface area contributed by atoms with Crippen molar-refractivity contribution >= 4 is 21.8 Å². The largest absolute Gasteiger partial charge is 0.496 e. The number of carbonyl (C=O) groups excluding carboxylic acids is 1.